The third-order valence-electron chi connectivity index (χ3n) is 3.35. The zero-order chi connectivity index (χ0) is 13.6. The summed E-state index contributed by atoms with van der Waals surface area (Å²) in [5, 5.41) is 9.15. The van der Waals surface area contributed by atoms with E-state index in [1.165, 1.54) is 12.1 Å². The summed E-state index contributed by atoms with van der Waals surface area (Å²) in [5.41, 5.74) is -1.36. The summed E-state index contributed by atoms with van der Waals surface area (Å²) >= 11 is 0. The van der Waals surface area contributed by atoms with E-state index in [9.17, 15) is 22.0 Å². The highest BCUT2D eigenvalue weighted by Gasteiger charge is 2.59. The highest BCUT2D eigenvalue weighted by molar-refractivity contribution is 5.36. The van der Waals surface area contributed by atoms with Gasteiger partial charge in [0.15, 0.2) is 0 Å². The van der Waals surface area contributed by atoms with Gasteiger partial charge in [0.1, 0.15) is 0 Å². The third-order valence-corrected chi connectivity index (χ3v) is 3.35. The number of hydrogen-bond acceptors (Lipinski definition) is 1. The third kappa shape index (κ3) is 1.98. The molecule has 18 heavy (non-hydrogen) atoms. The maximum absolute atomic E-state index is 13.2. The van der Waals surface area contributed by atoms with Crippen molar-refractivity contribution in [1.29, 1.82) is 0 Å². The van der Waals surface area contributed by atoms with E-state index in [1.54, 1.807) is 0 Å². The topological polar surface area (TPSA) is 20.2 Å². The summed E-state index contributed by atoms with van der Waals surface area (Å²) in [4.78, 5) is 0. The van der Waals surface area contributed by atoms with E-state index < -0.39 is 23.1 Å². The fraction of sp³-hybridized carbons (Fsp3) is 0.500. The molecule has 1 aliphatic rings. The summed E-state index contributed by atoms with van der Waals surface area (Å²) in [5.74, 6) is -4.87. The SMILES string of the molecule is OCC1(c2cccc(C(F)(F)C(F)(F)F)c2)CC1. The van der Waals surface area contributed by atoms with Gasteiger partial charge in [-0.05, 0) is 24.5 Å². The van der Waals surface area contributed by atoms with Crippen LogP contribution in [0.4, 0.5) is 22.0 Å². The van der Waals surface area contributed by atoms with Gasteiger partial charge in [-0.15, -0.1) is 0 Å². The Morgan fingerprint density at radius 1 is 1.11 bits per heavy atom. The number of alkyl halides is 5. The molecule has 2 rings (SSSR count). The zero-order valence-electron chi connectivity index (χ0n) is 9.27. The summed E-state index contributed by atoms with van der Waals surface area (Å²) in [6, 6.07) is 4.24. The monoisotopic (exact) mass is 266 g/mol. The number of hydrogen-bond donors (Lipinski definition) is 1. The van der Waals surface area contributed by atoms with Crippen molar-refractivity contribution in [2.24, 2.45) is 0 Å². The average molecular weight is 266 g/mol. The van der Waals surface area contributed by atoms with Gasteiger partial charge in [-0.1, -0.05) is 18.2 Å². The summed E-state index contributed by atoms with van der Waals surface area (Å²) < 4.78 is 63.1. The molecule has 1 aromatic rings. The van der Waals surface area contributed by atoms with Crippen molar-refractivity contribution in [3.63, 3.8) is 0 Å². The van der Waals surface area contributed by atoms with E-state index >= 15 is 0 Å². The Labute approximate surface area is 100 Å². The molecule has 0 radical (unpaired) electrons. The Morgan fingerprint density at radius 2 is 1.72 bits per heavy atom. The van der Waals surface area contributed by atoms with Crippen molar-refractivity contribution < 1.29 is 27.1 Å². The molecule has 0 atom stereocenters. The molecule has 0 aromatic heterocycles. The van der Waals surface area contributed by atoms with Gasteiger partial charge in [-0.25, -0.2) is 0 Å². The first-order valence-electron chi connectivity index (χ1n) is 5.39. The standard InChI is InChI=1S/C12H11F5O/c13-11(14,12(15,16)17)9-3-1-2-8(6-9)10(7-18)4-5-10/h1-3,6,18H,4-5,7H2. The number of benzene rings is 1. The first-order chi connectivity index (χ1) is 8.23. The van der Waals surface area contributed by atoms with Gasteiger partial charge in [-0.2, -0.15) is 22.0 Å². The van der Waals surface area contributed by atoms with Gasteiger partial charge in [-0.3, -0.25) is 0 Å². The molecular weight excluding hydrogens is 255 g/mol. The Bertz CT molecular complexity index is 448. The molecule has 100 valence electrons. The Balaban J connectivity index is 2.39. The second-order valence-electron chi connectivity index (χ2n) is 4.59. The second-order valence-corrected chi connectivity index (χ2v) is 4.59. The van der Waals surface area contributed by atoms with Gasteiger partial charge < -0.3 is 5.11 Å². The van der Waals surface area contributed by atoms with Crippen molar-refractivity contribution in [2.75, 3.05) is 6.61 Å². The minimum atomic E-state index is -5.61. The van der Waals surface area contributed by atoms with Crippen LogP contribution in [0.3, 0.4) is 0 Å². The molecule has 1 fully saturated rings. The van der Waals surface area contributed by atoms with Crippen LogP contribution in [0.25, 0.3) is 0 Å². The summed E-state index contributed by atoms with van der Waals surface area (Å²) in [7, 11) is 0. The molecular formula is C12H11F5O. The fourth-order valence-electron chi connectivity index (χ4n) is 1.90. The van der Waals surface area contributed by atoms with E-state index in [1.807, 2.05) is 0 Å². The number of halogens is 5. The van der Waals surface area contributed by atoms with E-state index in [0.717, 1.165) is 12.1 Å². The van der Waals surface area contributed by atoms with Crippen LogP contribution < -0.4 is 0 Å². The first-order valence-corrected chi connectivity index (χ1v) is 5.39. The normalized spacial score (nSPS) is 18.8. The number of aliphatic hydroxyl groups excluding tert-OH is 1. The van der Waals surface area contributed by atoms with Gasteiger partial charge in [0.05, 0.1) is 6.61 Å². The smallest absolute Gasteiger partial charge is 0.395 e. The van der Waals surface area contributed by atoms with Crippen LogP contribution >= 0.6 is 0 Å². The van der Waals surface area contributed by atoms with Crippen LogP contribution in [-0.4, -0.2) is 17.9 Å². The van der Waals surface area contributed by atoms with E-state index in [0.29, 0.717) is 18.4 Å². The van der Waals surface area contributed by atoms with Crippen molar-refractivity contribution >= 4 is 0 Å². The van der Waals surface area contributed by atoms with Crippen molar-refractivity contribution in [1.82, 2.24) is 0 Å². The molecule has 1 aliphatic carbocycles. The van der Waals surface area contributed by atoms with Gasteiger partial charge in [0.2, 0.25) is 0 Å². The van der Waals surface area contributed by atoms with E-state index in [-0.39, 0.29) is 6.61 Å². The van der Waals surface area contributed by atoms with Gasteiger partial charge >= 0.3 is 12.1 Å². The molecule has 1 saturated carbocycles. The van der Waals surface area contributed by atoms with Crippen LogP contribution in [0.5, 0.6) is 0 Å². The summed E-state index contributed by atoms with van der Waals surface area (Å²) in [6.07, 6.45) is -4.41. The number of rotatable bonds is 3. The van der Waals surface area contributed by atoms with Crippen molar-refractivity contribution in [3.8, 4) is 0 Å². The van der Waals surface area contributed by atoms with Gasteiger partial charge in [0.25, 0.3) is 0 Å². The molecule has 1 nitrogen and oxygen atoms in total. The fourth-order valence-corrected chi connectivity index (χ4v) is 1.90. The quantitative estimate of drug-likeness (QED) is 0.832. The molecule has 0 spiro atoms. The predicted molar refractivity (Wildman–Crippen MR) is 54.4 cm³/mol. The molecule has 0 amide bonds. The van der Waals surface area contributed by atoms with Crippen LogP contribution in [-0.2, 0) is 11.3 Å². The molecule has 0 saturated heterocycles. The maximum atomic E-state index is 13.2. The van der Waals surface area contributed by atoms with Crippen molar-refractivity contribution in [3.05, 3.63) is 35.4 Å². The lowest BCUT2D eigenvalue weighted by atomic mass is 9.93. The Morgan fingerprint density at radius 3 is 2.17 bits per heavy atom. The van der Waals surface area contributed by atoms with Crippen LogP contribution in [0, 0.1) is 0 Å². The zero-order valence-corrected chi connectivity index (χ0v) is 9.27. The lowest BCUT2D eigenvalue weighted by Crippen LogP contribution is -2.33. The van der Waals surface area contributed by atoms with E-state index in [2.05, 4.69) is 0 Å². The van der Waals surface area contributed by atoms with Gasteiger partial charge in [0, 0.05) is 11.0 Å². The molecule has 0 unspecified atom stereocenters. The highest BCUT2D eigenvalue weighted by atomic mass is 19.4. The average Bonchev–Trinajstić information content (AvgIpc) is 3.08. The highest BCUT2D eigenvalue weighted by Crippen LogP contribution is 2.50. The number of aliphatic hydroxyl groups is 1. The molecule has 0 bridgehead atoms. The Kier molecular flexibility index (Phi) is 2.88. The molecule has 0 heterocycles. The first kappa shape index (κ1) is 13.3. The second kappa shape index (κ2) is 3.91. The molecule has 6 heteroatoms. The van der Waals surface area contributed by atoms with Crippen LogP contribution in [0.2, 0.25) is 0 Å². The molecule has 0 aliphatic heterocycles. The minimum Gasteiger partial charge on any atom is -0.395 e. The minimum absolute atomic E-state index is 0.242. The summed E-state index contributed by atoms with van der Waals surface area (Å²) in [6.45, 7) is -0.242. The largest absolute Gasteiger partial charge is 0.458 e. The Hall–Kier alpha value is -1.17. The van der Waals surface area contributed by atoms with E-state index in [4.69, 9.17) is 5.11 Å². The van der Waals surface area contributed by atoms with Crippen LogP contribution in [0.15, 0.2) is 24.3 Å². The lowest BCUT2D eigenvalue weighted by molar-refractivity contribution is -0.289. The van der Waals surface area contributed by atoms with Crippen molar-refractivity contribution in [2.45, 2.75) is 30.4 Å². The predicted octanol–water partition coefficient (Wildman–Crippen LogP) is 3.36. The molecule has 1 N–H and O–H groups in total. The molecule has 1 aromatic carbocycles. The maximum Gasteiger partial charge on any atom is 0.458 e. The lowest BCUT2D eigenvalue weighted by Gasteiger charge is -2.21. The van der Waals surface area contributed by atoms with Crippen LogP contribution in [0.1, 0.15) is 24.0 Å².